The second-order valence-electron chi connectivity index (χ2n) is 4.62. The van der Waals surface area contributed by atoms with E-state index in [9.17, 15) is 0 Å². The van der Waals surface area contributed by atoms with E-state index in [-0.39, 0.29) is 6.10 Å². The Labute approximate surface area is 111 Å². The van der Waals surface area contributed by atoms with Crippen molar-refractivity contribution in [3.63, 3.8) is 0 Å². The van der Waals surface area contributed by atoms with Crippen molar-refractivity contribution in [3.8, 4) is 0 Å². The van der Waals surface area contributed by atoms with Gasteiger partial charge in [0.1, 0.15) is 10.3 Å². The first-order valence-corrected chi connectivity index (χ1v) is 6.86. The minimum absolute atomic E-state index is 0.0273. The molecule has 98 valence electrons. The molecule has 0 aliphatic carbocycles. The number of methoxy groups -OCH3 is 1. The number of aromatic nitrogens is 2. The van der Waals surface area contributed by atoms with E-state index in [2.05, 4.69) is 29.1 Å². The van der Waals surface area contributed by atoms with E-state index < -0.39 is 0 Å². The van der Waals surface area contributed by atoms with E-state index in [1.807, 2.05) is 20.2 Å². The molecule has 0 aromatic carbocycles. The predicted molar refractivity (Wildman–Crippen MR) is 76.3 cm³/mol. The van der Waals surface area contributed by atoms with E-state index >= 15 is 0 Å². The van der Waals surface area contributed by atoms with Crippen LogP contribution in [0.3, 0.4) is 0 Å². The van der Waals surface area contributed by atoms with Crippen LogP contribution < -0.4 is 5.32 Å². The molecular weight excluding hydrogens is 246 g/mol. The molecule has 0 radical (unpaired) electrons. The van der Waals surface area contributed by atoms with Gasteiger partial charge in [0, 0.05) is 19.7 Å². The summed E-state index contributed by atoms with van der Waals surface area (Å²) in [6.45, 7) is 6.31. The van der Waals surface area contributed by atoms with Gasteiger partial charge in [0.15, 0.2) is 0 Å². The van der Waals surface area contributed by atoms with Crippen LogP contribution in [0.15, 0.2) is 6.20 Å². The van der Waals surface area contributed by atoms with Gasteiger partial charge in [0.25, 0.3) is 0 Å². The smallest absolute Gasteiger partial charge is 0.143 e. The van der Waals surface area contributed by atoms with Gasteiger partial charge in [-0.25, -0.2) is 9.97 Å². The number of rotatable bonds is 4. The standard InChI is InChI=1S/C13H19N3OS/c1-7(2)12(17-5)10-9(14-4)6-15-13-11(10)16-8(3)18-13/h6-7,12,14H,1-5H3. The highest BCUT2D eigenvalue weighted by Crippen LogP contribution is 2.36. The van der Waals surface area contributed by atoms with Gasteiger partial charge >= 0.3 is 0 Å². The number of nitrogens with zero attached hydrogens (tertiary/aromatic N) is 2. The Morgan fingerprint density at radius 1 is 1.39 bits per heavy atom. The largest absolute Gasteiger partial charge is 0.387 e. The molecule has 2 aromatic heterocycles. The molecule has 4 nitrogen and oxygen atoms in total. The van der Waals surface area contributed by atoms with Gasteiger partial charge in [-0.3, -0.25) is 0 Å². The van der Waals surface area contributed by atoms with Crippen LogP contribution >= 0.6 is 11.3 Å². The van der Waals surface area contributed by atoms with Crippen molar-refractivity contribution in [2.75, 3.05) is 19.5 Å². The quantitative estimate of drug-likeness (QED) is 0.920. The van der Waals surface area contributed by atoms with E-state index in [0.29, 0.717) is 5.92 Å². The second-order valence-corrected chi connectivity index (χ2v) is 5.80. The molecule has 0 amide bonds. The number of hydrogen-bond donors (Lipinski definition) is 1. The average molecular weight is 265 g/mol. The summed E-state index contributed by atoms with van der Waals surface area (Å²) in [6.07, 6.45) is 1.89. The monoisotopic (exact) mass is 265 g/mol. The van der Waals surface area contributed by atoms with Crippen molar-refractivity contribution in [1.29, 1.82) is 0 Å². The van der Waals surface area contributed by atoms with Crippen LogP contribution in [-0.2, 0) is 4.74 Å². The van der Waals surface area contributed by atoms with Crippen molar-refractivity contribution in [3.05, 3.63) is 16.8 Å². The Balaban J connectivity index is 2.70. The summed E-state index contributed by atoms with van der Waals surface area (Å²) in [4.78, 5) is 10.0. The molecular formula is C13H19N3OS. The molecule has 2 aromatic rings. The normalized spacial score (nSPS) is 13.2. The van der Waals surface area contributed by atoms with Gasteiger partial charge in [0.2, 0.25) is 0 Å². The second kappa shape index (κ2) is 5.20. The maximum atomic E-state index is 5.65. The van der Waals surface area contributed by atoms with Gasteiger partial charge in [-0.1, -0.05) is 25.2 Å². The molecule has 18 heavy (non-hydrogen) atoms. The van der Waals surface area contributed by atoms with Gasteiger partial charge in [-0.2, -0.15) is 0 Å². The molecule has 1 N–H and O–H groups in total. The van der Waals surface area contributed by atoms with Crippen LogP contribution in [0, 0.1) is 12.8 Å². The van der Waals surface area contributed by atoms with Gasteiger partial charge in [-0.05, 0) is 12.8 Å². The van der Waals surface area contributed by atoms with Crippen LogP contribution in [0.5, 0.6) is 0 Å². The van der Waals surface area contributed by atoms with Crippen molar-refractivity contribution >= 4 is 27.4 Å². The number of nitrogens with one attached hydrogen (secondary N) is 1. The number of pyridine rings is 1. The minimum Gasteiger partial charge on any atom is -0.387 e. The highest BCUT2D eigenvalue weighted by molar-refractivity contribution is 7.18. The summed E-state index contributed by atoms with van der Waals surface area (Å²) in [5.41, 5.74) is 3.07. The lowest BCUT2D eigenvalue weighted by Gasteiger charge is -2.22. The lowest BCUT2D eigenvalue weighted by molar-refractivity contribution is 0.0661. The number of anilines is 1. The molecule has 0 saturated carbocycles. The first-order valence-electron chi connectivity index (χ1n) is 6.05. The maximum Gasteiger partial charge on any atom is 0.143 e. The summed E-state index contributed by atoms with van der Waals surface area (Å²) in [5.74, 6) is 0.384. The molecule has 0 bridgehead atoms. The first-order chi connectivity index (χ1) is 8.58. The molecule has 1 unspecified atom stereocenters. The molecule has 0 saturated heterocycles. The number of ether oxygens (including phenoxy) is 1. The molecule has 0 aliphatic rings. The Hall–Kier alpha value is -1.20. The molecule has 1 atom stereocenters. The van der Waals surface area contributed by atoms with Crippen molar-refractivity contribution in [2.45, 2.75) is 26.9 Å². The maximum absolute atomic E-state index is 5.65. The third kappa shape index (κ3) is 2.20. The predicted octanol–water partition coefficient (Wildman–Crippen LogP) is 3.38. The van der Waals surface area contributed by atoms with Crippen LogP contribution in [0.1, 0.15) is 30.5 Å². The molecule has 0 spiro atoms. The zero-order valence-electron chi connectivity index (χ0n) is 11.4. The fourth-order valence-corrected chi connectivity index (χ4v) is 2.98. The fraction of sp³-hybridized carbons (Fsp3) is 0.538. The topological polar surface area (TPSA) is 47.0 Å². The Morgan fingerprint density at radius 3 is 2.67 bits per heavy atom. The molecule has 5 heteroatoms. The lowest BCUT2D eigenvalue weighted by Crippen LogP contribution is -2.12. The number of fused-ring (bicyclic) bond motifs is 1. The number of thiazole rings is 1. The van der Waals surface area contributed by atoms with Crippen LogP contribution in [0.4, 0.5) is 5.69 Å². The first kappa shape index (κ1) is 13.2. The molecule has 0 fully saturated rings. The van der Waals surface area contributed by atoms with Gasteiger partial charge in [0.05, 0.1) is 23.0 Å². The van der Waals surface area contributed by atoms with E-state index in [4.69, 9.17) is 4.74 Å². The summed E-state index contributed by atoms with van der Waals surface area (Å²) in [5, 5.41) is 4.22. The summed E-state index contributed by atoms with van der Waals surface area (Å²) in [7, 11) is 3.65. The average Bonchev–Trinajstić information content (AvgIpc) is 2.70. The third-order valence-corrected chi connectivity index (χ3v) is 3.86. The molecule has 0 aliphatic heterocycles. The van der Waals surface area contributed by atoms with Crippen LogP contribution in [-0.4, -0.2) is 24.1 Å². The van der Waals surface area contributed by atoms with Crippen LogP contribution in [0.25, 0.3) is 10.3 Å². The number of hydrogen-bond acceptors (Lipinski definition) is 5. The van der Waals surface area contributed by atoms with Crippen molar-refractivity contribution < 1.29 is 4.74 Å². The lowest BCUT2D eigenvalue weighted by atomic mass is 9.97. The summed E-state index contributed by atoms with van der Waals surface area (Å²) in [6, 6.07) is 0. The van der Waals surface area contributed by atoms with Crippen LogP contribution in [0.2, 0.25) is 0 Å². The van der Waals surface area contributed by atoms with E-state index in [1.165, 1.54) is 0 Å². The van der Waals surface area contributed by atoms with E-state index in [0.717, 1.165) is 26.6 Å². The van der Waals surface area contributed by atoms with E-state index in [1.54, 1.807) is 18.4 Å². The summed E-state index contributed by atoms with van der Waals surface area (Å²) >= 11 is 1.62. The Bertz CT molecular complexity index is 550. The highest BCUT2D eigenvalue weighted by atomic mass is 32.1. The summed E-state index contributed by atoms with van der Waals surface area (Å²) < 4.78 is 5.65. The third-order valence-electron chi connectivity index (χ3n) is 2.99. The highest BCUT2D eigenvalue weighted by Gasteiger charge is 2.23. The molecule has 2 heterocycles. The molecule has 2 rings (SSSR count). The minimum atomic E-state index is 0.0273. The van der Waals surface area contributed by atoms with Gasteiger partial charge < -0.3 is 10.1 Å². The zero-order valence-corrected chi connectivity index (χ0v) is 12.3. The number of aryl methyl sites for hydroxylation is 1. The van der Waals surface area contributed by atoms with Gasteiger partial charge in [-0.15, -0.1) is 0 Å². The Kier molecular flexibility index (Phi) is 3.82. The Morgan fingerprint density at radius 2 is 2.11 bits per heavy atom. The fourth-order valence-electron chi connectivity index (χ4n) is 2.21. The SMILES string of the molecule is CNc1cnc2sc(C)nc2c1C(OC)C(C)C. The zero-order chi connectivity index (χ0) is 13.3. The van der Waals surface area contributed by atoms with Crippen molar-refractivity contribution in [2.24, 2.45) is 5.92 Å². The van der Waals surface area contributed by atoms with Crippen molar-refractivity contribution in [1.82, 2.24) is 9.97 Å².